The van der Waals surface area contributed by atoms with Gasteiger partial charge in [0.2, 0.25) is 0 Å². The topological polar surface area (TPSA) is 60.2 Å². The Hall–Kier alpha value is -1.15. The van der Waals surface area contributed by atoms with Gasteiger partial charge in [-0.25, -0.2) is 0 Å². The van der Waals surface area contributed by atoms with Gasteiger partial charge in [0.05, 0.1) is 4.92 Å². The first-order valence-electron chi connectivity index (χ1n) is 3.90. The highest BCUT2D eigenvalue weighted by Gasteiger charge is 2.41. The Labute approximate surface area is 106 Å². The van der Waals surface area contributed by atoms with Gasteiger partial charge in [-0.15, -0.1) is 0 Å². The average Bonchev–Trinajstić information content (AvgIpc) is 2.14. The molecule has 1 aromatic rings. The van der Waals surface area contributed by atoms with E-state index in [0.29, 0.717) is 6.07 Å². The summed E-state index contributed by atoms with van der Waals surface area (Å²) in [4.78, 5) is 20.1. The third-order valence-corrected chi connectivity index (χ3v) is 2.84. The fourth-order valence-corrected chi connectivity index (χ4v) is 2.15. The van der Waals surface area contributed by atoms with Crippen LogP contribution >= 0.6 is 27.5 Å². The van der Waals surface area contributed by atoms with Crippen LogP contribution in [0.15, 0.2) is 16.6 Å². The highest BCUT2D eigenvalue weighted by molar-refractivity contribution is 9.10. The number of halogens is 5. The molecule has 0 aliphatic heterocycles. The van der Waals surface area contributed by atoms with Crippen molar-refractivity contribution in [2.45, 2.75) is 6.18 Å². The fourth-order valence-electron chi connectivity index (χ4n) is 1.14. The predicted octanol–water partition coefficient (Wildman–Crippen LogP) is 3.76. The molecule has 0 radical (unpaired) electrons. The van der Waals surface area contributed by atoms with Crippen LogP contribution in [-0.2, 0) is 6.18 Å². The number of carbonyl (C=O) groups excluding carboxylic acids is 1. The summed E-state index contributed by atoms with van der Waals surface area (Å²) in [6.07, 6.45) is -4.97. The van der Waals surface area contributed by atoms with E-state index in [1.165, 1.54) is 0 Å². The number of nitro groups is 1. The zero-order valence-electron chi connectivity index (χ0n) is 7.72. The lowest BCUT2D eigenvalue weighted by atomic mass is 10.1. The molecule has 0 bridgehead atoms. The Balaban J connectivity index is 3.65. The smallest absolute Gasteiger partial charge is 0.276 e. The zero-order chi connectivity index (χ0) is 13.4. The lowest BCUT2D eigenvalue weighted by Crippen LogP contribution is -2.12. The number of carbonyl (C=O) groups is 1. The summed E-state index contributed by atoms with van der Waals surface area (Å²) >= 11 is 7.56. The third-order valence-electron chi connectivity index (χ3n) is 1.81. The predicted molar refractivity (Wildman–Crippen MR) is 56.0 cm³/mol. The first-order chi connectivity index (χ1) is 7.66. The molecule has 0 aliphatic rings. The van der Waals surface area contributed by atoms with Crippen LogP contribution in [0.3, 0.4) is 0 Å². The zero-order valence-corrected chi connectivity index (χ0v) is 10.1. The van der Waals surface area contributed by atoms with E-state index >= 15 is 0 Å². The first-order valence-corrected chi connectivity index (χ1v) is 5.07. The Kier molecular flexibility index (Phi) is 3.78. The maximum Gasteiger partial charge on any atom is 0.424 e. The number of benzene rings is 1. The molecule has 0 atom stereocenters. The Bertz CT molecular complexity index is 504. The number of alkyl halides is 3. The van der Waals surface area contributed by atoms with Crippen molar-refractivity contribution in [3.63, 3.8) is 0 Å². The van der Waals surface area contributed by atoms with Crippen molar-refractivity contribution < 1.29 is 22.9 Å². The Morgan fingerprint density at radius 3 is 2.29 bits per heavy atom. The van der Waals surface area contributed by atoms with Crippen molar-refractivity contribution in [1.82, 2.24) is 0 Å². The number of hydrogen-bond acceptors (Lipinski definition) is 3. The highest BCUT2D eigenvalue weighted by Crippen LogP contribution is 2.42. The summed E-state index contributed by atoms with van der Waals surface area (Å²) in [6, 6.07) is 1.44. The van der Waals surface area contributed by atoms with Crippen molar-refractivity contribution in [3.8, 4) is 0 Å². The van der Waals surface area contributed by atoms with Crippen molar-refractivity contribution in [3.05, 3.63) is 37.8 Å². The SMILES string of the molecule is O=C(Cl)c1ccc([N+](=O)[O-])c(C(F)(F)F)c1Br. The Morgan fingerprint density at radius 2 is 1.94 bits per heavy atom. The molecule has 1 aromatic carbocycles. The largest absolute Gasteiger partial charge is 0.424 e. The van der Waals surface area contributed by atoms with Gasteiger partial charge >= 0.3 is 6.18 Å². The van der Waals surface area contributed by atoms with Gasteiger partial charge in [0.15, 0.2) is 0 Å². The minimum absolute atomic E-state index is 0.482. The molecule has 0 fully saturated rings. The van der Waals surface area contributed by atoms with Crippen molar-refractivity contribution in [2.75, 3.05) is 0 Å². The number of hydrogen-bond donors (Lipinski definition) is 0. The second-order valence-corrected chi connectivity index (χ2v) is 3.99. The summed E-state index contributed by atoms with van der Waals surface area (Å²) < 4.78 is 37.1. The molecular formula is C8H2BrClF3NO3. The van der Waals surface area contributed by atoms with Crippen molar-refractivity contribution in [2.24, 2.45) is 0 Å². The van der Waals surface area contributed by atoms with E-state index < -0.39 is 37.6 Å². The first kappa shape index (κ1) is 13.9. The second-order valence-electron chi connectivity index (χ2n) is 2.85. The van der Waals surface area contributed by atoms with Crippen LogP contribution in [0.4, 0.5) is 18.9 Å². The molecule has 4 nitrogen and oxygen atoms in total. The summed E-state index contributed by atoms with van der Waals surface area (Å²) in [7, 11) is 0. The van der Waals surface area contributed by atoms with Crippen LogP contribution in [0.1, 0.15) is 15.9 Å². The summed E-state index contributed by atoms with van der Waals surface area (Å²) in [5.74, 6) is 0. The minimum Gasteiger partial charge on any atom is -0.276 e. The van der Waals surface area contributed by atoms with Gasteiger partial charge < -0.3 is 0 Å². The van der Waals surface area contributed by atoms with Crippen LogP contribution < -0.4 is 0 Å². The van der Waals surface area contributed by atoms with Gasteiger partial charge in [0.25, 0.3) is 10.9 Å². The van der Waals surface area contributed by atoms with E-state index in [0.717, 1.165) is 6.07 Å². The second kappa shape index (κ2) is 4.61. The Morgan fingerprint density at radius 1 is 1.41 bits per heavy atom. The van der Waals surface area contributed by atoms with Crippen LogP contribution in [-0.4, -0.2) is 10.2 Å². The summed E-state index contributed by atoms with van der Waals surface area (Å²) in [6.45, 7) is 0. The molecular weight excluding hydrogens is 330 g/mol. The normalized spacial score (nSPS) is 11.4. The van der Waals surface area contributed by atoms with Crippen LogP contribution in [0.2, 0.25) is 0 Å². The van der Waals surface area contributed by atoms with E-state index in [9.17, 15) is 28.1 Å². The molecule has 0 unspecified atom stereocenters. The maximum atomic E-state index is 12.6. The molecule has 17 heavy (non-hydrogen) atoms. The molecule has 0 heterocycles. The van der Waals surface area contributed by atoms with Gasteiger partial charge in [-0.05, 0) is 33.6 Å². The van der Waals surface area contributed by atoms with E-state index in [1.54, 1.807) is 0 Å². The molecule has 0 aromatic heterocycles. The molecule has 9 heteroatoms. The van der Waals surface area contributed by atoms with E-state index in [2.05, 4.69) is 15.9 Å². The quantitative estimate of drug-likeness (QED) is 0.471. The van der Waals surface area contributed by atoms with E-state index in [4.69, 9.17) is 11.6 Å². The lowest BCUT2D eigenvalue weighted by Gasteiger charge is -2.11. The fraction of sp³-hybridized carbons (Fsp3) is 0.125. The third kappa shape index (κ3) is 2.75. The molecule has 0 aliphatic carbocycles. The van der Waals surface area contributed by atoms with Crippen molar-refractivity contribution in [1.29, 1.82) is 0 Å². The molecule has 0 saturated heterocycles. The standard InChI is InChI=1S/C8H2BrClF3NO3/c9-6-3(7(10)15)1-2-4(14(16)17)5(6)8(11,12)13/h1-2H. The average molecular weight is 332 g/mol. The van der Waals surface area contributed by atoms with Crippen LogP contribution in [0, 0.1) is 10.1 Å². The molecule has 92 valence electrons. The number of nitro benzene ring substituents is 1. The summed E-state index contributed by atoms with van der Waals surface area (Å²) in [5, 5.41) is 9.33. The molecule has 0 spiro atoms. The van der Waals surface area contributed by atoms with Gasteiger partial charge in [0, 0.05) is 16.1 Å². The molecule has 0 N–H and O–H groups in total. The van der Waals surface area contributed by atoms with Gasteiger partial charge in [0.1, 0.15) is 5.56 Å². The minimum atomic E-state index is -4.97. The number of nitrogens with zero attached hydrogens (tertiary/aromatic N) is 1. The lowest BCUT2D eigenvalue weighted by molar-refractivity contribution is -0.388. The number of rotatable bonds is 2. The molecule has 0 saturated carbocycles. The van der Waals surface area contributed by atoms with E-state index in [-0.39, 0.29) is 0 Å². The van der Waals surface area contributed by atoms with Crippen LogP contribution in [0.5, 0.6) is 0 Å². The van der Waals surface area contributed by atoms with Crippen LogP contribution in [0.25, 0.3) is 0 Å². The monoisotopic (exact) mass is 331 g/mol. The maximum absolute atomic E-state index is 12.6. The highest BCUT2D eigenvalue weighted by atomic mass is 79.9. The van der Waals surface area contributed by atoms with Gasteiger partial charge in [-0.2, -0.15) is 13.2 Å². The van der Waals surface area contributed by atoms with Gasteiger partial charge in [-0.1, -0.05) is 0 Å². The molecule has 1 rings (SSSR count). The van der Waals surface area contributed by atoms with E-state index in [1.807, 2.05) is 0 Å². The molecule has 0 amide bonds. The van der Waals surface area contributed by atoms with Crippen molar-refractivity contribution >= 4 is 38.5 Å². The van der Waals surface area contributed by atoms with Gasteiger partial charge in [-0.3, -0.25) is 14.9 Å². The summed E-state index contributed by atoms with van der Waals surface area (Å²) in [5.41, 5.74) is -3.16.